The van der Waals surface area contributed by atoms with Crippen LogP contribution in [0.15, 0.2) is 0 Å². The number of hydrogen-bond donors (Lipinski definition) is 1. The van der Waals surface area contributed by atoms with Crippen LogP contribution in [0, 0.1) is 0 Å². The van der Waals surface area contributed by atoms with E-state index in [0.717, 1.165) is 38.8 Å². The largest absolute Gasteiger partial charge is 0.310 e. The highest BCUT2D eigenvalue weighted by Gasteiger charge is 2.27. The Kier molecular flexibility index (Phi) is 5.04. The second-order valence-corrected chi connectivity index (χ2v) is 7.96. The maximum Gasteiger partial charge on any atom is 0.151 e. The average Bonchev–Trinajstić information content (AvgIpc) is 2.31. The lowest BCUT2D eigenvalue weighted by atomic mass is 10.0. The van der Waals surface area contributed by atoms with Crippen LogP contribution in [0.1, 0.15) is 39.0 Å². The van der Waals surface area contributed by atoms with Crippen LogP contribution in [0.5, 0.6) is 0 Å². The second kappa shape index (κ2) is 6.35. The Labute approximate surface area is 111 Å². The molecule has 0 aromatic heterocycles. The van der Waals surface area contributed by atoms with Gasteiger partial charge in [0.25, 0.3) is 0 Å². The number of piperidine rings is 1. The first-order chi connectivity index (χ1) is 8.59. The summed E-state index contributed by atoms with van der Waals surface area (Å²) in [7, 11) is -2.77. The highest BCUT2D eigenvalue weighted by molar-refractivity contribution is 7.91. The Balaban J connectivity index is 1.74. The summed E-state index contributed by atoms with van der Waals surface area (Å²) in [5, 5.41) is 3.57. The van der Waals surface area contributed by atoms with E-state index >= 15 is 0 Å². The van der Waals surface area contributed by atoms with Gasteiger partial charge < -0.3 is 10.2 Å². The fraction of sp³-hybridized carbons (Fsp3) is 1.00. The minimum Gasteiger partial charge on any atom is -0.310 e. The van der Waals surface area contributed by atoms with Gasteiger partial charge in [-0.3, -0.25) is 0 Å². The zero-order valence-electron chi connectivity index (χ0n) is 11.4. The summed E-state index contributed by atoms with van der Waals surface area (Å²) in [5.41, 5.74) is 0. The fourth-order valence-corrected chi connectivity index (χ4v) is 4.78. The smallest absolute Gasteiger partial charge is 0.151 e. The Hall–Kier alpha value is -0.130. The highest BCUT2D eigenvalue weighted by atomic mass is 32.2. The van der Waals surface area contributed by atoms with Crippen LogP contribution in [-0.2, 0) is 9.84 Å². The Morgan fingerprint density at radius 1 is 1.17 bits per heavy atom. The molecule has 2 aliphatic heterocycles. The molecule has 4 nitrogen and oxygen atoms in total. The van der Waals surface area contributed by atoms with E-state index in [0.29, 0.717) is 17.5 Å². The third-order valence-corrected chi connectivity index (χ3v) is 5.88. The molecule has 0 aromatic carbocycles. The van der Waals surface area contributed by atoms with E-state index in [9.17, 15) is 8.42 Å². The minimum atomic E-state index is -2.77. The Morgan fingerprint density at radius 3 is 2.50 bits per heavy atom. The predicted octanol–water partition coefficient (Wildman–Crippen LogP) is 1.03. The first-order valence-electron chi connectivity index (χ1n) is 7.28. The fourth-order valence-electron chi connectivity index (χ4n) is 3.13. The van der Waals surface area contributed by atoms with E-state index in [2.05, 4.69) is 17.1 Å². The number of rotatable bonds is 4. The maximum absolute atomic E-state index is 11.6. The summed E-state index contributed by atoms with van der Waals surface area (Å²) in [5.74, 6) is 0.738. The van der Waals surface area contributed by atoms with Crippen molar-refractivity contribution in [1.29, 1.82) is 0 Å². The van der Waals surface area contributed by atoms with Crippen molar-refractivity contribution >= 4 is 9.84 Å². The third-order valence-electron chi connectivity index (χ3n) is 4.06. The van der Waals surface area contributed by atoms with E-state index in [1.807, 2.05) is 0 Å². The molecule has 2 rings (SSSR count). The van der Waals surface area contributed by atoms with Crippen molar-refractivity contribution in [3.8, 4) is 0 Å². The molecule has 0 spiro atoms. The molecule has 0 aromatic rings. The molecule has 2 fully saturated rings. The number of likely N-dealkylation sites (tertiary alicyclic amines) is 1. The summed E-state index contributed by atoms with van der Waals surface area (Å²) in [6.45, 7) is 5.73. The molecule has 106 valence electrons. The van der Waals surface area contributed by atoms with E-state index in [1.54, 1.807) is 0 Å². The highest BCUT2D eigenvalue weighted by Crippen LogP contribution is 2.16. The van der Waals surface area contributed by atoms with Crippen LogP contribution in [-0.4, -0.2) is 56.5 Å². The lowest BCUT2D eigenvalue weighted by Gasteiger charge is -2.35. The van der Waals surface area contributed by atoms with Crippen molar-refractivity contribution in [1.82, 2.24) is 10.2 Å². The molecule has 1 atom stereocenters. The summed E-state index contributed by atoms with van der Waals surface area (Å²) in [6.07, 6.45) is 5.40. The van der Waals surface area contributed by atoms with Crippen LogP contribution in [0.25, 0.3) is 0 Å². The summed E-state index contributed by atoms with van der Waals surface area (Å²) in [6, 6.07) is 0.725. The van der Waals surface area contributed by atoms with Gasteiger partial charge in [0.15, 0.2) is 9.84 Å². The molecule has 2 aliphatic rings. The van der Waals surface area contributed by atoms with Crippen molar-refractivity contribution in [2.75, 3.05) is 31.1 Å². The molecule has 0 aliphatic carbocycles. The van der Waals surface area contributed by atoms with Crippen LogP contribution in [0.2, 0.25) is 0 Å². The molecular weight excluding hydrogens is 248 g/mol. The van der Waals surface area contributed by atoms with E-state index in [1.165, 1.54) is 13.0 Å². The minimum absolute atomic E-state index is 0.200. The van der Waals surface area contributed by atoms with Crippen LogP contribution in [0.3, 0.4) is 0 Å². The lowest BCUT2D eigenvalue weighted by Crippen LogP contribution is -2.49. The van der Waals surface area contributed by atoms with Crippen LogP contribution >= 0.6 is 0 Å². The predicted molar refractivity (Wildman–Crippen MR) is 74.6 cm³/mol. The summed E-state index contributed by atoms with van der Waals surface area (Å²) < 4.78 is 23.2. The normalized spacial score (nSPS) is 30.4. The van der Waals surface area contributed by atoms with Gasteiger partial charge in [-0.25, -0.2) is 8.42 Å². The van der Waals surface area contributed by atoms with Crippen molar-refractivity contribution in [3.05, 3.63) is 0 Å². The van der Waals surface area contributed by atoms with Gasteiger partial charge in [-0.2, -0.15) is 0 Å². The quantitative estimate of drug-likeness (QED) is 0.832. The van der Waals surface area contributed by atoms with E-state index < -0.39 is 9.84 Å². The third kappa shape index (κ3) is 4.21. The van der Waals surface area contributed by atoms with Crippen molar-refractivity contribution in [2.45, 2.75) is 51.1 Å². The zero-order chi connectivity index (χ0) is 13.0. The molecule has 1 N–H and O–H groups in total. The first kappa shape index (κ1) is 14.3. The van der Waals surface area contributed by atoms with Crippen molar-refractivity contribution in [3.63, 3.8) is 0 Å². The number of nitrogens with zero attached hydrogens (tertiary/aromatic N) is 1. The van der Waals surface area contributed by atoms with Crippen molar-refractivity contribution in [2.24, 2.45) is 0 Å². The van der Waals surface area contributed by atoms with Crippen LogP contribution in [0.4, 0.5) is 0 Å². The standard InChI is InChI=1S/C13H26N2O2S/c1-2-7-15-8-5-12(6-9-15)14-13-4-3-10-18(16,17)11-13/h12-14H,2-11H2,1H3. The Bertz CT molecular complexity index is 348. The van der Waals surface area contributed by atoms with Gasteiger partial charge in [0.05, 0.1) is 11.5 Å². The molecule has 2 heterocycles. The molecule has 5 heteroatoms. The van der Waals surface area contributed by atoms with E-state index in [4.69, 9.17) is 0 Å². The van der Waals surface area contributed by atoms with Gasteiger partial charge in [0, 0.05) is 12.1 Å². The average molecular weight is 274 g/mol. The van der Waals surface area contributed by atoms with Crippen molar-refractivity contribution < 1.29 is 8.42 Å². The molecule has 18 heavy (non-hydrogen) atoms. The molecule has 0 radical (unpaired) electrons. The number of nitrogens with one attached hydrogen (secondary N) is 1. The van der Waals surface area contributed by atoms with Gasteiger partial charge in [0.2, 0.25) is 0 Å². The van der Waals surface area contributed by atoms with Gasteiger partial charge >= 0.3 is 0 Å². The molecule has 0 bridgehead atoms. The maximum atomic E-state index is 11.6. The molecule has 1 unspecified atom stereocenters. The summed E-state index contributed by atoms with van der Waals surface area (Å²) in [4.78, 5) is 2.51. The zero-order valence-corrected chi connectivity index (χ0v) is 12.2. The first-order valence-corrected chi connectivity index (χ1v) is 9.10. The summed E-state index contributed by atoms with van der Waals surface area (Å²) >= 11 is 0. The molecule has 2 saturated heterocycles. The monoisotopic (exact) mass is 274 g/mol. The van der Waals surface area contributed by atoms with E-state index in [-0.39, 0.29) is 6.04 Å². The second-order valence-electron chi connectivity index (χ2n) is 5.74. The number of sulfone groups is 1. The molecular formula is C13H26N2O2S. The van der Waals surface area contributed by atoms with Gasteiger partial charge in [-0.05, 0) is 51.7 Å². The molecule has 0 saturated carbocycles. The lowest BCUT2D eigenvalue weighted by molar-refractivity contribution is 0.191. The van der Waals surface area contributed by atoms with Gasteiger partial charge in [-0.1, -0.05) is 6.92 Å². The van der Waals surface area contributed by atoms with Gasteiger partial charge in [0.1, 0.15) is 0 Å². The topological polar surface area (TPSA) is 49.4 Å². The number of hydrogen-bond acceptors (Lipinski definition) is 4. The SMILES string of the molecule is CCCN1CCC(NC2CCCS(=O)(=O)C2)CC1. The van der Waals surface area contributed by atoms with Gasteiger partial charge in [-0.15, -0.1) is 0 Å². The Morgan fingerprint density at radius 2 is 1.89 bits per heavy atom. The molecule has 0 amide bonds. The van der Waals surface area contributed by atoms with Crippen LogP contribution < -0.4 is 5.32 Å².